The van der Waals surface area contributed by atoms with Crippen LogP contribution < -0.4 is 5.32 Å². The molecule has 0 heterocycles. The maximum absolute atomic E-state index is 13.3. The monoisotopic (exact) mass is 401 g/mol. The van der Waals surface area contributed by atoms with Gasteiger partial charge in [0.1, 0.15) is 11.6 Å². The van der Waals surface area contributed by atoms with Gasteiger partial charge in [-0.05, 0) is 77.4 Å². The zero-order valence-corrected chi connectivity index (χ0v) is 14.0. The summed E-state index contributed by atoms with van der Waals surface area (Å²) in [6.07, 6.45) is 1.44. The van der Waals surface area contributed by atoms with E-state index in [1.54, 1.807) is 0 Å². The molecule has 0 fully saturated rings. The maximum Gasteiger partial charge on any atom is 0.126 e. The van der Waals surface area contributed by atoms with Crippen LogP contribution in [0.25, 0.3) is 0 Å². The minimum absolute atomic E-state index is 0.163. The van der Waals surface area contributed by atoms with Crippen molar-refractivity contribution in [3.8, 4) is 0 Å². The molecule has 0 aromatic heterocycles. The van der Waals surface area contributed by atoms with Crippen LogP contribution in [0.5, 0.6) is 0 Å². The molecule has 0 spiro atoms. The zero-order valence-electron chi connectivity index (χ0n) is 11.9. The highest BCUT2D eigenvalue weighted by Gasteiger charge is 2.11. The van der Waals surface area contributed by atoms with E-state index in [0.29, 0.717) is 12.0 Å². The summed E-state index contributed by atoms with van der Waals surface area (Å²) < 4.78 is 27.7. The van der Waals surface area contributed by atoms with Crippen molar-refractivity contribution in [3.05, 3.63) is 68.8 Å². The summed E-state index contributed by atoms with van der Waals surface area (Å²) in [5.74, 6) is -1.04. The lowest BCUT2D eigenvalue weighted by Gasteiger charge is -2.18. The molecule has 0 amide bonds. The first-order valence-electron chi connectivity index (χ1n) is 6.99. The number of benzene rings is 2. The maximum atomic E-state index is 13.3. The van der Waals surface area contributed by atoms with Crippen molar-refractivity contribution in [1.82, 2.24) is 5.32 Å². The van der Waals surface area contributed by atoms with Crippen molar-refractivity contribution in [1.29, 1.82) is 0 Å². The standard InChI is InChI=1S/C17H18F2IN/c1-2-21-17(9-12-3-5-16(20)6-4-12)10-13-7-14(18)11-15(19)8-13/h3-8,11,17,21H,2,9-10H2,1H3. The molecule has 0 radical (unpaired) electrons. The SMILES string of the molecule is CCNC(Cc1ccc(I)cc1)Cc1cc(F)cc(F)c1. The molecule has 0 saturated heterocycles. The number of nitrogens with one attached hydrogen (secondary N) is 1. The molecule has 2 aromatic carbocycles. The molecular formula is C17H18F2IN. The molecule has 1 nitrogen and oxygen atoms in total. The van der Waals surface area contributed by atoms with Gasteiger partial charge in [0.2, 0.25) is 0 Å². The van der Waals surface area contributed by atoms with Gasteiger partial charge >= 0.3 is 0 Å². The molecule has 0 aliphatic heterocycles. The summed E-state index contributed by atoms with van der Waals surface area (Å²) in [5.41, 5.74) is 1.90. The Hall–Kier alpha value is -1.01. The van der Waals surface area contributed by atoms with Gasteiger partial charge in [0.25, 0.3) is 0 Å². The highest BCUT2D eigenvalue weighted by Crippen LogP contribution is 2.14. The number of rotatable bonds is 6. The third-order valence-electron chi connectivity index (χ3n) is 3.29. The highest BCUT2D eigenvalue weighted by atomic mass is 127. The highest BCUT2D eigenvalue weighted by molar-refractivity contribution is 14.1. The van der Waals surface area contributed by atoms with Crippen LogP contribution in [0.3, 0.4) is 0 Å². The fourth-order valence-electron chi connectivity index (χ4n) is 2.42. The first-order chi connectivity index (χ1) is 10.1. The van der Waals surface area contributed by atoms with E-state index in [2.05, 4.69) is 52.2 Å². The lowest BCUT2D eigenvalue weighted by molar-refractivity contribution is 0.515. The van der Waals surface area contributed by atoms with Gasteiger partial charge in [-0.25, -0.2) is 8.78 Å². The molecule has 4 heteroatoms. The summed E-state index contributed by atoms with van der Waals surface area (Å²) >= 11 is 2.27. The van der Waals surface area contributed by atoms with Crippen LogP contribution in [0.4, 0.5) is 8.78 Å². The van der Waals surface area contributed by atoms with Crippen molar-refractivity contribution < 1.29 is 8.78 Å². The number of hydrogen-bond acceptors (Lipinski definition) is 1. The first kappa shape index (κ1) is 16.4. The van der Waals surface area contributed by atoms with Crippen LogP contribution >= 0.6 is 22.6 Å². The molecule has 0 aliphatic rings. The molecule has 2 aromatic rings. The Balaban J connectivity index is 2.09. The van der Waals surface area contributed by atoms with E-state index in [9.17, 15) is 8.78 Å². The minimum Gasteiger partial charge on any atom is -0.314 e. The van der Waals surface area contributed by atoms with Gasteiger partial charge in [0.15, 0.2) is 0 Å². The van der Waals surface area contributed by atoms with Crippen LogP contribution in [0, 0.1) is 15.2 Å². The third kappa shape index (κ3) is 5.36. The van der Waals surface area contributed by atoms with E-state index in [-0.39, 0.29) is 6.04 Å². The van der Waals surface area contributed by atoms with Crippen LogP contribution in [0.15, 0.2) is 42.5 Å². The number of halogens is 3. The second-order valence-corrected chi connectivity index (χ2v) is 6.31. The lowest BCUT2D eigenvalue weighted by Crippen LogP contribution is -2.33. The van der Waals surface area contributed by atoms with Gasteiger partial charge in [-0.15, -0.1) is 0 Å². The predicted molar refractivity (Wildman–Crippen MR) is 90.4 cm³/mol. The van der Waals surface area contributed by atoms with Gasteiger partial charge in [-0.3, -0.25) is 0 Å². The fraction of sp³-hybridized carbons (Fsp3) is 0.294. The van der Waals surface area contributed by atoms with Crippen molar-refractivity contribution in [2.45, 2.75) is 25.8 Å². The molecule has 2 rings (SSSR count). The third-order valence-corrected chi connectivity index (χ3v) is 4.01. The molecule has 0 saturated carbocycles. The zero-order chi connectivity index (χ0) is 15.2. The average Bonchev–Trinajstić information content (AvgIpc) is 2.40. The minimum atomic E-state index is -0.519. The lowest BCUT2D eigenvalue weighted by atomic mass is 9.99. The smallest absolute Gasteiger partial charge is 0.126 e. The Bertz CT molecular complexity index is 564. The fourth-order valence-corrected chi connectivity index (χ4v) is 2.78. The quantitative estimate of drug-likeness (QED) is 0.711. The van der Waals surface area contributed by atoms with Crippen molar-refractivity contribution >= 4 is 22.6 Å². The van der Waals surface area contributed by atoms with Crippen molar-refractivity contribution in [2.24, 2.45) is 0 Å². The summed E-state index contributed by atoms with van der Waals surface area (Å²) in [6, 6.07) is 12.2. The summed E-state index contributed by atoms with van der Waals surface area (Å²) in [7, 11) is 0. The van der Waals surface area contributed by atoms with Gasteiger partial charge in [-0.1, -0.05) is 19.1 Å². The molecule has 0 aliphatic carbocycles. The van der Waals surface area contributed by atoms with Gasteiger partial charge < -0.3 is 5.32 Å². The van der Waals surface area contributed by atoms with Gasteiger partial charge in [0.05, 0.1) is 0 Å². The van der Waals surface area contributed by atoms with E-state index in [1.165, 1.54) is 21.3 Å². The van der Waals surface area contributed by atoms with E-state index < -0.39 is 11.6 Å². The Morgan fingerprint density at radius 3 is 2.10 bits per heavy atom. The Morgan fingerprint density at radius 1 is 0.952 bits per heavy atom. The van der Waals surface area contributed by atoms with Crippen LogP contribution in [0.1, 0.15) is 18.1 Å². The summed E-state index contributed by atoms with van der Waals surface area (Å²) in [4.78, 5) is 0. The van der Waals surface area contributed by atoms with Crippen molar-refractivity contribution in [2.75, 3.05) is 6.54 Å². The Kier molecular flexibility index (Phi) is 6.11. The number of hydrogen-bond donors (Lipinski definition) is 1. The molecule has 1 N–H and O–H groups in total. The topological polar surface area (TPSA) is 12.0 Å². The van der Waals surface area contributed by atoms with E-state index in [0.717, 1.165) is 19.0 Å². The van der Waals surface area contributed by atoms with Crippen LogP contribution in [-0.4, -0.2) is 12.6 Å². The predicted octanol–water partition coefficient (Wildman–Crippen LogP) is 4.33. The Morgan fingerprint density at radius 2 is 1.52 bits per heavy atom. The molecule has 1 atom stereocenters. The van der Waals surface area contributed by atoms with Gasteiger partial charge in [-0.2, -0.15) is 0 Å². The number of likely N-dealkylation sites (N-methyl/N-ethyl adjacent to an activating group) is 1. The van der Waals surface area contributed by atoms with Crippen LogP contribution in [0.2, 0.25) is 0 Å². The summed E-state index contributed by atoms with van der Waals surface area (Å²) in [5, 5.41) is 3.39. The van der Waals surface area contributed by atoms with E-state index >= 15 is 0 Å². The molecular weight excluding hydrogens is 383 g/mol. The molecule has 0 bridgehead atoms. The second-order valence-electron chi connectivity index (χ2n) is 5.07. The van der Waals surface area contributed by atoms with Crippen LogP contribution in [-0.2, 0) is 12.8 Å². The van der Waals surface area contributed by atoms with Gasteiger partial charge in [0, 0.05) is 15.7 Å². The summed E-state index contributed by atoms with van der Waals surface area (Å²) in [6.45, 7) is 2.86. The normalized spacial score (nSPS) is 12.4. The average molecular weight is 401 g/mol. The largest absolute Gasteiger partial charge is 0.314 e. The second kappa shape index (κ2) is 7.84. The Labute approximate surface area is 137 Å². The van der Waals surface area contributed by atoms with Crippen molar-refractivity contribution in [3.63, 3.8) is 0 Å². The first-order valence-corrected chi connectivity index (χ1v) is 8.07. The molecule has 1 unspecified atom stereocenters. The van der Waals surface area contributed by atoms with E-state index in [1.807, 2.05) is 6.92 Å². The molecule has 21 heavy (non-hydrogen) atoms. The molecule has 112 valence electrons. The van der Waals surface area contributed by atoms with E-state index in [4.69, 9.17) is 0 Å².